The number of ether oxygens (including phenoxy) is 3. The van der Waals surface area contributed by atoms with Gasteiger partial charge in [-0.05, 0) is 18.2 Å². The summed E-state index contributed by atoms with van der Waals surface area (Å²) >= 11 is 1.66. The number of carbonyl (C=O) groups excluding carboxylic acids is 2. The number of nitrogens with zero attached hydrogens (tertiary/aromatic N) is 3. The molecule has 1 aromatic carbocycles. The summed E-state index contributed by atoms with van der Waals surface area (Å²) < 4.78 is 17.6. The molecular formula is C25H31N5O6S. The summed E-state index contributed by atoms with van der Waals surface area (Å²) in [5.41, 5.74) is 6.64. The second kappa shape index (κ2) is 13.3. The lowest BCUT2D eigenvalue weighted by Crippen LogP contribution is -2.36. The second-order valence-electron chi connectivity index (χ2n) is 8.43. The third-order valence-electron chi connectivity index (χ3n) is 5.65. The average Bonchev–Trinajstić information content (AvgIpc) is 3.31. The number of hydrogen-bond donors (Lipinski definition) is 3. The Balaban J connectivity index is 1.32. The summed E-state index contributed by atoms with van der Waals surface area (Å²) in [6.07, 6.45) is 0.787. The van der Waals surface area contributed by atoms with Gasteiger partial charge in [0.15, 0.2) is 11.6 Å². The van der Waals surface area contributed by atoms with Crippen LogP contribution in [0.15, 0.2) is 30.3 Å². The van der Waals surface area contributed by atoms with Crippen LogP contribution in [-0.2, 0) is 30.2 Å². The van der Waals surface area contributed by atoms with Gasteiger partial charge in [0.05, 0.1) is 43.3 Å². The summed E-state index contributed by atoms with van der Waals surface area (Å²) in [5.74, 6) is 0.840. The van der Waals surface area contributed by atoms with Crippen LogP contribution in [0.1, 0.15) is 17.7 Å². The minimum absolute atomic E-state index is 0.0172. The fourth-order valence-corrected chi connectivity index (χ4v) is 4.87. The van der Waals surface area contributed by atoms with E-state index in [1.54, 1.807) is 29.5 Å². The van der Waals surface area contributed by atoms with Gasteiger partial charge in [-0.3, -0.25) is 9.59 Å². The Bertz CT molecular complexity index is 1210. The van der Waals surface area contributed by atoms with Crippen LogP contribution in [0.3, 0.4) is 0 Å². The van der Waals surface area contributed by atoms with Gasteiger partial charge in [-0.1, -0.05) is 12.1 Å². The van der Waals surface area contributed by atoms with E-state index < -0.39 is 5.91 Å². The number of amides is 2. The van der Waals surface area contributed by atoms with Gasteiger partial charge in [0, 0.05) is 42.8 Å². The van der Waals surface area contributed by atoms with Crippen LogP contribution >= 0.6 is 11.3 Å². The molecule has 1 fully saturated rings. The molecule has 0 aliphatic carbocycles. The van der Waals surface area contributed by atoms with E-state index in [0.29, 0.717) is 38.9 Å². The van der Waals surface area contributed by atoms with E-state index >= 15 is 0 Å². The predicted molar refractivity (Wildman–Crippen MR) is 139 cm³/mol. The van der Waals surface area contributed by atoms with Crippen molar-refractivity contribution in [1.82, 2.24) is 15.3 Å². The third kappa shape index (κ3) is 7.83. The summed E-state index contributed by atoms with van der Waals surface area (Å²) in [5, 5.41) is 12.5. The Morgan fingerprint density at radius 1 is 1.11 bits per heavy atom. The topological polar surface area (TPSA) is 149 Å². The zero-order valence-electron chi connectivity index (χ0n) is 20.5. The number of thiophene rings is 1. The number of anilines is 1. The minimum atomic E-state index is -0.510. The van der Waals surface area contributed by atoms with Crippen LogP contribution < -0.4 is 16.0 Å². The lowest BCUT2D eigenvalue weighted by atomic mass is 10.2. The molecule has 3 aromatic rings. The Morgan fingerprint density at radius 3 is 2.70 bits per heavy atom. The van der Waals surface area contributed by atoms with Crippen molar-refractivity contribution in [2.24, 2.45) is 5.73 Å². The highest BCUT2D eigenvalue weighted by Gasteiger charge is 2.20. The molecule has 4 N–H and O–H groups in total. The highest BCUT2D eigenvalue weighted by Crippen LogP contribution is 2.35. The van der Waals surface area contributed by atoms with Gasteiger partial charge in [0.2, 0.25) is 11.8 Å². The van der Waals surface area contributed by atoms with Crippen molar-refractivity contribution in [1.29, 1.82) is 0 Å². The molecule has 1 aliphatic rings. The first-order valence-corrected chi connectivity index (χ1v) is 12.9. The molecule has 0 radical (unpaired) electrons. The number of rotatable bonds is 13. The molecule has 198 valence electrons. The second-order valence-corrected chi connectivity index (χ2v) is 9.57. The Kier molecular flexibility index (Phi) is 9.60. The summed E-state index contributed by atoms with van der Waals surface area (Å²) in [6, 6.07) is 9.03. The molecule has 12 heteroatoms. The van der Waals surface area contributed by atoms with E-state index in [-0.39, 0.29) is 31.2 Å². The van der Waals surface area contributed by atoms with E-state index in [1.807, 2.05) is 6.07 Å². The molecule has 3 heterocycles. The van der Waals surface area contributed by atoms with Gasteiger partial charge in [-0.15, -0.1) is 11.3 Å². The van der Waals surface area contributed by atoms with Crippen molar-refractivity contribution < 1.29 is 28.9 Å². The maximum atomic E-state index is 11.5. The van der Waals surface area contributed by atoms with E-state index in [2.05, 4.69) is 16.3 Å². The van der Waals surface area contributed by atoms with Gasteiger partial charge in [-0.2, -0.15) is 0 Å². The number of primary amides is 1. The molecule has 0 bridgehead atoms. The molecule has 0 saturated carbocycles. The van der Waals surface area contributed by atoms with Crippen molar-refractivity contribution in [3.05, 3.63) is 35.2 Å². The predicted octanol–water partition coefficient (Wildman–Crippen LogP) is 1.82. The number of phenolic OH excluding ortho intramolecular Hbond substituents is 1. The van der Waals surface area contributed by atoms with E-state index in [0.717, 1.165) is 46.0 Å². The first-order valence-electron chi connectivity index (χ1n) is 12.1. The fraction of sp³-hybridized carbons (Fsp3) is 0.440. The fourth-order valence-electron chi connectivity index (χ4n) is 3.77. The normalized spacial score (nSPS) is 13.7. The van der Waals surface area contributed by atoms with Crippen LogP contribution in [-0.4, -0.2) is 79.7 Å². The van der Waals surface area contributed by atoms with Crippen LogP contribution in [0.4, 0.5) is 5.82 Å². The number of phenols is 1. The molecule has 1 aliphatic heterocycles. The molecule has 37 heavy (non-hydrogen) atoms. The summed E-state index contributed by atoms with van der Waals surface area (Å²) in [7, 11) is 0. The van der Waals surface area contributed by atoms with Crippen LogP contribution in [0.5, 0.6) is 5.75 Å². The van der Waals surface area contributed by atoms with Crippen LogP contribution in [0.25, 0.3) is 21.6 Å². The van der Waals surface area contributed by atoms with E-state index in [4.69, 9.17) is 29.9 Å². The molecule has 2 aromatic heterocycles. The monoisotopic (exact) mass is 529 g/mol. The standard InChI is InChI=1S/C25H31N5O6S/c26-21(32)4-5-22(33)27-16-36-13-12-34-9-6-19-15-20-23(37-19)25(30-7-10-35-11-8-30)29-24(28-20)17-2-1-3-18(31)14-17/h1-3,14-15,31H,4-13,16H2,(H2,26,32)(H,27,33). The molecule has 1 saturated heterocycles. The lowest BCUT2D eigenvalue weighted by Gasteiger charge is -2.28. The molecule has 0 spiro atoms. The number of morpholine rings is 1. The van der Waals surface area contributed by atoms with Gasteiger partial charge < -0.3 is 35.3 Å². The van der Waals surface area contributed by atoms with E-state index in [1.165, 1.54) is 0 Å². The quantitative estimate of drug-likeness (QED) is 0.223. The zero-order chi connectivity index (χ0) is 26.0. The average molecular weight is 530 g/mol. The van der Waals surface area contributed by atoms with Crippen molar-refractivity contribution in [2.75, 3.05) is 57.8 Å². The number of benzene rings is 1. The Morgan fingerprint density at radius 2 is 1.92 bits per heavy atom. The molecule has 0 atom stereocenters. The Labute approximate surface area is 218 Å². The first-order chi connectivity index (χ1) is 18.0. The van der Waals surface area contributed by atoms with Gasteiger partial charge >= 0.3 is 0 Å². The summed E-state index contributed by atoms with van der Waals surface area (Å²) in [4.78, 5) is 35.2. The Hall–Kier alpha value is -3.32. The maximum Gasteiger partial charge on any atom is 0.222 e. The number of nitrogens with two attached hydrogens (primary N) is 1. The number of carbonyl (C=O) groups is 2. The maximum absolute atomic E-state index is 11.5. The molecule has 11 nitrogen and oxygen atoms in total. The zero-order valence-corrected chi connectivity index (χ0v) is 21.3. The van der Waals surface area contributed by atoms with E-state index in [9.17, 15) is 14.7 Å². The van der Waals surface area contributed by atoms with Crippen molar-refractivity contribution in [3.63, 3.8) is 0 Å². The van der Waals surface area contributed by atoms with Crippen molar-refractivity contribution in [2.45, 2.75) is 19.3 Å². The highest BCUT2D eigenvalue weighted by atomic mass is 32.1. The van der Waals surface area contributed by atoms with Crippen LogP contribution in [0, 0.1) is 0 Å². The number of aromatic hydroxyl groups is 1. The number of hydrogen-bond acceptors (Lipinski definition) is 10. The van der Waals surface area contributed by atoms with Crippen molar-refractivity contribution in [3.8, 4) is 17.1 Å². The molecule has 4 rings (SSSR count). The smallest absolute Gasteiger partial charge is 0.222 e. The number of fused-ring (bicyclic) bond motifs is 1. The molecular weight excluding hydrogens is 498 g/mol. The minimum Gasteiger partial charge on any atom is -0.508 e. The molecule has 2 amide bonds. The van der Waals surface area contributed by atoms with Gasteiger partial charge in [0.1, 0.15) is 12.5 Å². The van der Waals surface area contributed by atoms with Crippen molar-refractivity contribution >= 4 is 39.2 Å². The number of nitrogens with one attached hydrogen (secondary N) is 1. The first kappa shape index (κ1) is 26.7. The number of aromatic nitrogens is 2. The van der Waals surface area contributed by atoms with Gasteiger partial charge in [-0.25, -0.2) is 9.97 Å². The largest absolute Gasteiger partial charge is 0.508 e. The third-order valence-corrected chi connectivity index (χ3v) is 6.83. The van der Waals surface area contributed by atoms with Gasteiger partial charge in [0.25, 0.3) is 0 Å². The highest BCUT2D eigenvalue weighted by molar-refractivity contribution is 7.19. The SMILES string of the molecule is NC(=O)CCC(=O)NCOCCOCCc1cc2nc(-c3cccc(O)c3)nc(N3CCOCC3)c2s1. The summed E-state index contributed by atoms with van der Waals surface area (Å²) in [6.45, 7) is 4.12. The van der Waals surface area contributed by atoms with Crippen LogP contribution in [0.2, 0.25) is 0 Å². The molecule has 0 unspecified atom stereocenters. The lowest BCUT2D eigenvalue weighted by molar-refractivity contribution is -0.126.